The van der Waals surface area contributed by atoms with Gasteiger partial charge in [0.25, 0.3) is 5.56 Å². The summed E-state index contributed by atoms with van der Waals surface area (Å²) in [5.41, 5.74) is 6.74. The van der Waals surface area contributed by atoms with Gasteiger partial charge in [0.1, 0.15) is 0 Å². The van der Waals surface area contributed by atoms with Crippen molar-refractivity contribution in [3.05, 3.63) is 40.6 Å². The lowest BCUT2D eigenvalue weighted by atomic mass is 10.4. The van der Waals surface area contributed by atoms with Crippen LogP contribution in [0.5, 0.6) is 0 Å². The second kappa shape index (κ2) is 6.33. The van der Waals surface area contributed by atoms with Crippen LogP contribution in [-0.4, -0.2) is 32.7 Å². The molecule has 0 bridgehead atoms. The van der Waals surface area contributed by atoms with Crippen LogP contribution < -0.4 is 16.6 Å². The van der Waals surface area contributed by atoms with Gasteiger partial charge in [-0.3, -0.25) is 9.48 Å². The maximum Gasteiger partial charge on any atom is 0.269 e. The molecule has 0 radical (unpaired) electrons. The molecule has 0 spiro atoms. The Morgan fingerprint density at radius 2 is 2.25 bits per heavy atom. The Labute approximate surface area is 117 Å². The van der Waals surface area contributed by atoms with E-state index in [1.807, 2.05) is 16.9 Å². The maximum atomic E-state index is 11.9. The molecular formula is C13H20N6O. The van der Waals surface area contributed by atoms with Gasteiger partial charge in [-0.2, -0.15) is 10.2 Å². The third-order valence-corrected chi connectivity index (χ3v) is 2.85. The molecule has 2 aromatic rings. The Kier molecular flexibility index (Phi) is 4.52. The van der Waals surface area contributed by atoms with Crippen LogP contribution in [0, 0.1) is 0 Å². The average Bonchev–Trinajstić information content (AvgIpc) is 2.88. The van der Waals surface area contributed by atoms with E-state index in [1.54, 1.807) is 6.20 Å². The molecule has 2 rings (SSSR count). The van der Waals surface area contributed by atoms with Crippen LogP contribution in [0.15, 0.2) is 29.3 Å². The molecule has 7 nitrogen and oxygen atoms in total. The number of hydrogen-bond donors (Lipinski definition) is 2. The first-order valence-corrected chi connectivity index (χ1v) is 6.65. The van der Waals surface area contributed by atoms with E-state index in [4.69, 9.17) is 5.73 Å². The molecule has 0 fully saturated rings. The normalized spacial score (nSPS) is 11.0. The summed E-state index contributed by atoms with van der Waals surface area (Å²) in [5.74, 6) is 0. The quantitative estimate of drug-likeness (QED) is 0.799. The molecule has 2 heterocycles. The summed E-state index contributed by atoms with van der Waals surface area (Å²) < 4.78 is 3.25. The molecule has 0 aliphatic carbocycles. The zero-order valence-corrected chi connectivity index (χ0v) is 11.8. The van der Waals surface area contributed by atoms with Gasteiger partial charge in [0.2, 0.25) is 0 Å². The molecule has 2 aromatic heterocycles. The fourth-order valence-electron chi connectivity index (χ4n) is 1.77. The molecule has 0 aliphatic heterocycles. The predicted octanol–water partition coefficient (Wildman–Crippen LogP) is 0.440. The largest absolute Gasteiger partial charge is 0.382 e. The lowest BCUT2D eigenvalue weighted by Gasteiger charge is -2.06. The van der Waals surface area contributed by atoms with Crippen molar-refractivity contribution in [1.82, 2.24) is 19.6 Å². The molecule has 108 valence electrons. The molecule has 0 saturated carbocycles. The highest BCUT2D eigenvalue weighted by atomic mass is 16.1. The molecule has 0 atom stereocenters. The molecule has 0 aromatic carbocycles. The maximum absolute atomic E-state index is 11.9. The Morgan fingerprint density at radius 3 is 2.85 bits per heavy atom. The fraction of sp³-hybridized carbons (Fsp3) is 0.462. The van der Waals surface area contributed by atoms with Crippen LogP contribution in [0.25, 0.3) is 0 Å². The van der Waals surface area contributed by atoms with E-state index in [1.165, 1.54) is 10.7 Å². The second-order valence-corrected chi connectivity index (χ2v) is 4.84. The van der Waals surface area contributed by atoms with Crippen molar-refractivity contribution in [3.8, 4) is 0 Å². The molecule has 0 saturated heterocycles. The predicted molar refractivity (Wildman–Crippen MR) is 77.8 cm³/mol. The van der Waals surface area contributed by atoms with Gasteiger partial charge in [-0.25, -0.2) is 4.68 Å². The first-order valence-electron chi connectivity index (χ1n) is 6.65. The fourth-order valence-corrected chi connectivity index (χ4v) is 1.77. The van der Waals surface area contributed by atoms with Crippen LogP contribution >= 0.6 is 0 Å². The van der Waals surface area contributed by atoms with Gasteiger partial charge in [0, 0.05) is 31.4 Å². The minimum Gasteiger partial charge on any atom is -0.382 e. The summed E-state index contributed by atoms with van der Waals surface area (Å²) in [6, 6.07) is 3.72. The van der Waals surface area contributed by atoms with Crippen molar-refractivity contribution in [2.75, 3.05) is 18.4 Å². The SMILES string of the molecule is CC(C)n1ccc(Cn2ncc(NCCN)cc2=O)n1. The number of aromatic nitrogens is 4. The number of nitrogens with zero attached hydrogens (tertiary/aromatic N) is 4. The van der Waals surface area contributed by atoms with Crippen molar-refractivity contribution in [1.29, 1.82) is 0 Å². The lowest BCUT2D eigenvalue weighted by Crippen LogP contribution is -2.24. The summed E-state index contributed by atoms with van der Waals surface area (Å²) in [5, 5.41) is 11.6. The van der Waals surface area contributed by atoms with Gasteiger partial charge in [0.05, 0.1) is 24.1 Å². The summed E-state index contributed by atoms with van der Waals surface area (Å²) in [7, 11) is 0. The number of nitrogens with two attached hydrogens (primary N) is 1. The molecule has 20 heavy (non-hydrogen) atoms. The molecule has 3 N–H and O–H groups in total. The monoisotopic (exact) mass is 276 g/mol. The van der Waals surface area contributed by atoms with Crippen LogP contribution in [-0.2, 0) is 6.54 Å². The van der Waals surface area contributed by atoms with Crippen molar-refractivity contribution >= 4 is 5.69 Å². The zero-order chi connectivity index (χ0) is 14.5. The highest BCUT2D eigenvalue weighted by molar-refractivity contribution is 5.38. The number of hydrogen-bond acceptors (Lipinski definition) is 5. The van der Waals surface area contributed by atoms with Gasteiger partial charge in [0.15, 0.2) is 0 Å². The van der Waals surface area contributed by atoms with Crippen LogP contribution in [0.4, 0.5) is 5.69 Å². The van der Waals surface area contributed by atoms with Crippen molar-refractivity contribution in [2.24, 2.45) is 5.73 Å². The minimum atomic E-state index is -0.161. The van der Waals surface area contributed by atoms with Crippen molar-refractivity contribution < 1.29 is 0 Å². The number of anilines is 1. The highest BCUT2D eigenvalue weighted by Crippen LogP contribution is 2.05. The summed E-state index contributed by atoms with van der Waals surface area (Å²) in [6.45, 7) is 5.60. The van der Waals surface area contributed by atoms with Crippen LogP contribution in [0.2, 0.25) is 0 Å². The van der Waals surface area contributed by atoms with Gasteiger partial charge < -0.3 is 11.1 Å². The summed E-state index contributed by atoms with van der Waals surface area (Å²) in [6.07, 6.45) is 3.53. The molecule has 0 amide bonds. The van der Waals surface area contributed by atoms with E-state index in [2.05, 4.69) is 29.4 Å². The third-order valence-electron chi connectivity index (χ3n) is 2.85. The highest BCUT2D eigenvalue weighted by Gasteiger charge is 2.05. The van der Waals surface area contributed by atoms with E-state index in [0.717, 1.165) is 5.69 Å². The molecule has 0 aliphatic rings. The van der Waals surface area contributed by atoms with Crippen LogP contribution in [0.1, 0.15) is 25.6 Å². The number of nitrogens with one attached hydrogen (secondary N) is 1. The van der Waals surface area contributed by atoms with E-state index in [0.29, 0.717) is 31.4 Å². The van der Waals surface area contributed by atoms with E-state index < -0.39 is 0 Å². The Balaban J connectivity index is 2.10. The third kappa shape index (κ3) is 3.45. The summed E-state index contributed by atoms with van der Waals surface area (Å²) in [4.78, 5) is 11.9. The van der Waals surface area contributed by atoms with Gasteiger partial charge in [-0.15, -0.1) is 0 Å². The second-order valence-electron chi connectivity index (χ2n) is 4.84. The van der Waals surface area contributed by atoms with Crippen LogP contribution in [0.3, 0.4) is 0 Å². The topological polar surface area (TPSA) is 90.8 Å². The van der Waals surface area contributed by atoms with E-state index in [-0.39, 0.29) is 5.56 Å². The van der Waals surface area contributed by atoms with Crippen molar-refractivity contribution in [2.45, 2.75) is 26.4 Å². The Bertz CT molecular complexity index is 615. The first kappa shape index (κ1) is 14.3. The molecular weight excluding hydrogens is 256 g/mol. The number of rotatable bonds is 6. The lowest BCUT2D eigenvalue weighted by molar-refractivity contribution is 0.518. The zero-order valence-electron chi connectivity index (χ0n) is 11.8. The average molecular weight is 276 g/mol. The molecule has 7 heteroatoms. The van der Waals surface area contributed by atoms with Crippen molar-refractivity contribution in [3.63, 3.8) is 0 Å². The molecule has 0 unspecified atom stereocenters. The van der Waals surface area contributed by atoms with Gasteiger partial charge in [-0.1, -0.05) is 0 Å². The summed E-state index contributed by atoms with van der Waals surface area (Å²) >= 11 is 0. The van der Waals surface area contributed by atoms with E-state index >= 15 is 0 Å². The minimum absolute atomic E-state index is 0.161. The van der Waals surface area contributed by atoms with E-state index in [9.17, 15) is 4.79 Å². The van der Waals surface area contributed by atoms with Gasteiger partial charge in [-0.05, 0) is 19.9 Å². The smallest absolute Gasteiger partial charge is 0.269 e. The van der Waals surface area contributed by atoms with Gasteiger partial charge >= 0.3 is 0 Å². The Hall–Kier alpha value is -2.15. The Morgan fingerprint density at radius 1 is 1.45 bits per heavy atom. The first-order chi connectivity index (χ1) is 9.60. The standard InChI is InChI=1S/C13H20N6O/c1-10(2)18-6-3-11(17-18)9-19-13(20)7-12(8-16-19)15-5-4-14/h3,6-8,10,15H,4-5,9,14H2,1-2H3.